The minimum absolute atomic E-state index is 0.201. The zero-order valence-electron chi connectivity index (χ0n) is 16.3. The number of ether oxygens (including phenoxy) is 3. The topological polar surface area (TPSA) is 69.2 Å². The summed E-state index contributed by atoms with van der Waals surface area (Å²) in [4.78, 5) is 12.1. The fourth-order valence-electron chi connectivity index (χ4n) is 2.42. The number of hydrazone groups is 1. The Bertz CT molecular complexity index is 807. The average molecular weight is 449 g/mol. The number of carbonyl (C=O) groups excluding carboxylic acids is 1. The lowest BCUT2D eigenvalue weighted by Gasteiger charge is -2.14. The summed E-state index contributed by atoms with van der Waals surface area (Å²) in [5, 5.41) is 4.04. The summed E-state index contributed by atoms with van der Waals surface area (Å²) in [7, 11) is 1.61. The molecule has 7 heteroatoms. The molecule has 0 aliphatic rings. The Morgan fingerprint density at radius 1 is 1.18 bits per heavy atom. The third-order valence-corrected chi connectivity index (χ3v) is 4.30. The van der Waals surface area contributed by atoms with Crippen LogP contribution < -0.4 is 19.6 Å². The third kappa shape index (κ3) is 6.56. The summed E-state index contributed by atoms with van der Waals surface area (Å²) < 4.78 is 17.3. The summed E-state index contributed by atoms with van der Waals surface area (Å²) in [6.07, 6.45) is 2.71. The lowest BCUT2D eigenvalue weighted by atomic mass is 10.1. The van der Waals surface area contributed by atoms with Crippen molar-refractivity contribution in [3.8, 4) is 17.2 Å². The molecule has 150 valence electrons. The zero-order valence-corrected chi connectivity index (χ0v) is 17.9. The number of hydrogen-bond donors (Lipinski definition) is 1. The van der Waals surface area contributed by atoms with Crippen molar-refractivity contribution in [3.05, 3.63) is 52.0 Å². The molecule has 0 unspecified atom stereocenters. The molecule has 1 amide bonds. The number of benzene rings is 2. The van der Waals surface area contributed by atoms with Gasteiger partial charge in [-0.3, -0.25) is 4.79 Å². The standard InChI is InChI=1S/C21H25BrN2O4/c1-4-10-28-21-18(22)11-16(12-19(21)27-5-2)14-23-24-20(25)13-15-6-8-17(26-3)9-7-15/h6-9,11-12,14H,4-5,10,13H2,1-3H3,(H,24,25)/b23-14-. The van der Waals surface area contributed by atoms with Crippen molar-refractivity contribution < 1.29 is 19.0 Å². The maximum absolute atomic E-state index is 12.1. The third-order valence-electron chi connectivity index (χ3n) is 3.71. The van der Waals surface area contributed by atoms with Gasteiger partial charge in [0.2, 0.25) is 5.91 Å². The highest BCUT2D eigenvalue weighted by atomic mass is 79.9. The predicted molar refractivity (Wildman–Crippen MR) is 114 cm³/mol. The number of amides is 1. The number of carbonyl (C=O) groups is 1. The van der Waals surface area contributed by atoms with Gasteiger partial charge in [0.1, 0.15) is 5.75 Å². The first-order valence-electron chi connectivity index (χ1n) is 9.11. The molecule has 0 aliphatic heterocycles. The van der Waals surface area contributed by atoms with E-state index in [1.165, 1.54) is 0 Å². The maximum Gasteiger partial charge on any atom is 0.244 e. The van der Waals surface area contributed by atoms with Gasteiger partial charge in [0, 0.05) is 0 Å². The van der Waals surface area contributed by atoms with Crippen LogP contribution in [0.25, 0.3) is 0 Å². The van der Waals surface area contributed by atoms with Crippen LogP contribution in [0.4, 0.5) is 0 Å². The predicted octanol–water partition coefficient (Wildman–Crippen LogP) is 4.34. The molecule has 6 nitrogen and oxygen atoms in total. The molecule has 1 N–H and O–H groups in total. The highest BCUT2D eigenvalue weighted by Crippen LogP contribution is 2.36. The lowest BCUT2D eigenvalue weighted by Crippen LogP contribution is -2.19. The first-order chi connectivity index (χ1) is 13.6. The Hall–Kier alpha value is -2.54. The van der Waals surface area contributed by atoms with Crippen LogP contribution in [-0.4, -0.2) is 32.4 Å². The molecule has 2 aromatic carbocycles. The van der Waals surface area contributed by atoms with Crippen molar-refractivity contribution in [2.45, 2.75) is 26.7 Å². The second-order valence-corrected chi connectivity index (χ2v) is 6.78. The van der Waals surface area contributed by atoms with E-state index in [9.17, 15) is 4.79 Å². The van der Waals surface area contributed by atoms with E-state index in [1.807, 2.05) is 50.2 Å². The smallest absolute Gasteiger partial charge is 0.244 e. The van der Waals surface area contributed by atoms with Crippen LogP contribution in [0.5, 0.6) is 17.2 Å². The molecule has 0 spiro atoms. The molecule has 0 atom stereocenters. The Kier molecular flexibility index (Phi) is 8.81. The van der Waals surface area contributed by atoms with Crippen LogP contribution in [0.2, 0.25) is 0 Å². The van der Waals surface area contributed by atoms with Gasteiger partial charge in [0.15, 0.2) is 11.5 Å². The van der Waals surface area contributed by atoms with E-state index >= 15 is 0 Å². The molecule has 0 aliphatic carbocycles. The van der Waals surface area contributed by atoms with Gasteiger partial charge in [-0.25, -0.2) is 5.43 Å². The fourth-order valence-corrected chi connectivity index (χ4v) is 2.99. The SMILES string of the molecule is CCCOc1c(Br)cc(/C=N\NC(=O)Cc2ccc(OC)cc2)cc1OCC. The molecule has 0 heterocycles. The molecule has 0 bridgehead atoms. The summed E-state index contributed by atoms with van der Waals surface area (Å²) in [5.41, 5.74) is 4.20. The van der Waals surface area contributed by atoms with Crippen LogP contribution in [0, 0.1) is 0 Å². The van der Waals surface area contributed by atoms with Gasteiger partial charge in [-0.2, -0.15) is 5.10 Å². The first-order valence-corrected chi connectivity index (χ1v) is 9.90. The van der Waals surface area contributed by atoms with Crippen molar-refractivity contribution in [1.29, 1.82) is 0 Å². The van der Waals surface area contributed by atoms with Crippen molar-refractivity contribution in [1.82, 2.24) is 5.43 Å². The van der Waals surface area contributed by atoms with Crippen molar-refractivity contribution in [3.63, 3.8) is 0 Å². The Balaban J connectivity index is 2.00. The molecule has 0 saturated carbocycles. The Morgan fingerprint density at radius 3 is 2.57 bits per heavy atom. The lowest BCUT2D eigenvalue weighted by molar-refractivity contribution is -0.120. The largest absolute Gasteiger partial charge is 0.497 e. The van der Waals surface area contributed by atoms with E-state index < -0.39 is 0 Å². The van der Waals surface area contributed by atoms with Crippen LogP contribution >= 0.6 is 15.9 Å². The Morgan fingerprint density at radius 2 is 1.93 bits per heavy atom. The summed E-state index contributed by atoms with van der Waals surface area (Å²) in [6.45, 7) is 5.09. The number of nitrogens with zero attached hydrogens (tertiary/aromatic N) is 1. The van der Waals surface area contributed by atoms with Crippen LogP contribution in [-0.2, 0) is 11.2 Å². The minimum Gasteiger partial charge on any atom is -0.497 e. The molecule has 2 rings (SSSR count). The second kappa shape index (κ2) is 11.3. The zero-order chi connectivity index (χ0) is 20.4. The van der Waals surface area contributed by atoms with Gasteiger partial charge in [-0.15, -0.1) is 0 Å². The number of rotatable bonds is 10. The number of methoxy groups -OCH3 is 1. The summed E-state index contributed by atoms with van der Waals surface area (Å²) in [5.74, 6) is 1.86. The summed E-state index contributed by atoms with van der Waals surface area (Å²) >= 11 is 3.51. The maximum atomic E-state index is 12.1. The molecule has 28 heavy (non-hydrogen) atoms. The van der Waals surface area contributed by atoms with E-state index in [-0.39, 0.29) is 12.3 Å². The van der Waals surface area contributed by atoms with Crippen molar-refractivity contribution in [2.24, 2.45) is 5.10 Å². The fraction of sp³-hybridized carbons (Fsp3) is 0.333. The van der Waals surface area contributed by atoms with Gasteiger partial charge in [-0.05, 0) is 64.7 Å². The monoisotopic (exact) mass is 448 g/mol. The van der Waals surface area contributed by atoms with Gasteiger partial charge in [0.25, 0.3) is 0 Å². The highest BCUT2D eigenvalue weighted by molar-refractivity contribution is 9.10. The normalized spacial score (nSPS) is 10.7. The molecule has 2 aromatic rings. The van der Waals surface area contributed by atoms with Crippen LogP contribution in [0.1, 0.15) is 31.4 Å². The number of hydrogen-bond acceptors (Lipinski definition) is 5. The van der Waals surface area contributed by atoms with Gasteiger partial charge >= 0.3 is 0 Å². The minimum atomic E-state index is -0.201. The average Bonchev–Trinajstić information content (AvgIpc) is 2.68. The van der Waals surface area contributed by atoms with Gasteiger partial charge in [0.05, 0.1) is 37.4 Å². The van der Waals surface area contributed by atoms with Crippen LogP contribution in [0.15, 0.2) is 46.0 Å². The summed E-state index contributed by atoms with van der Waals surface area (Å²) in [6, 6.07) is 11.0. The van der Waals surface area contributed by atoms with E-state index in [2.05, 4.69) is 26.5 Å². The number of halogens is 1. The quantitative estimate of drug-likeness (QED) is 0.433. The van der Waals surface area contributed by atoms with E-state index in [1.54, 1.807) is 13.3 Å². The molecule has 0 radical (unpaired) electrons. The van der Waals surface area contributed by atoms with Gasteiger partial charge < -0.3 is 14.2 Å². The Labute approximate surface area is 174 Å². The van der Waals surface area contributed by atoms with E-state index in [0.717, 1.165) is 27.8 Å². The molecule has 0 aromatic heterocycles. The number of nitrogens with one attached hydrogen (secondary N) is 1. The first kappa shape index (κ1) is 21.8. The van der Waals surface area contributed by atoms with Crippen LogP contribution in [0.3, 0.4) is 0 Å². The van der Waals surface area contributed by atoms with Gasteiger partial charge in [-0.1, -0.05) is 19.1 Å². The molecular formula is C21H25BrN2O4. The highest BCUT2D eigenvalue weighted by Gasteiger charge is 2.11. The molecule has 0 saturated heterocycles. The van der Waals surface area contributed by atoms with E-state index in [0.29, 0.717) is 24.7 Å². The molecular weight excluding hydrogens is 424 g/mol. The second-order valence-electron chi connectivity index (χ2n) is 5.93. The van der Waals surface area contributed by atoms with E-state index in [4.69, 9.17) is 14.2 Å². The molecule has 0 fully saturated rings. The van der Waals surface area contributed by atoms with Crippen molar-refractivity contribution >= 4 is 28.1 Å². The van der Waals surface area contributed by atoms with Crippen molar-refractivity contribution in [2.75, 3.05) is 20.3 Å².